The zero-order valence-corrected chi connectivity index (χ0v) is 20.3. The van der Waals surface area contributed by atoms with Gasteiger partial charge in [0.1, 0.15) is 23.0 Å². The zero-order valence-electron chi connectivity index (χ0n) is 18.7. The minimum atomic E-state index is -1.52. The second-order valence-corrected chi connectivity index (χ2v) is 9.68. The standard InChI is InChI=1S/C21H24ClF3N6O3S/c1-30-7-11-5-10(30)8-31(11)4-2-3-27-21(33)28-20-15(18(26)32)19(29-35-20)34-9-12-14(23)6-13(22)17(25)16(12)24/h6,10-11H,2-5,7-9H2,1H3,(H2,26,32)(H2,27,28,33). The molecule has 2 aliphatic rings. The van der Waals surface area contributed by atoms with E-state index in [9.17, 15) is 22.8 Å². The molecule has 14 heteroatoms. The number of anilines is 1. The van der Waals surface area contributed by atoms with Gasteiger partial charge in [-0.2, -0.15) is 4.37 Å². The highest BCUT2D eigenvalue weighted by molar-refractivity contribution is 7.11. The van der Waals surface area contributed by atoms with E-state index in [1.165, 1.54) is 6.42 Å². The van der Waals surface area contributed by atoms with E-state index in [-0.39, 0.29) is 16.4 Å². The number of benzene rings is 1. The van der Waals surface area contributed by atoms with Gasteiger partial charge >= 0.3 is 6.03 Å². The van der Waals surface area contributed by atoms with E-state index in [1.807, 2.05) is 0 Å². The fourth-order valence-corrected chi connectivity index (χ4v) is 5.32. The number of ether oxygens (including phenoxy) is 1. The lowest BCUT2D eigenvalue weighted by Crippen LogP contribution is -2.45. The molecule has 9 nitrogen and oxygen atoms in total. The number of amides is 3. The summed E-state index contributed by atoms with van der Waals surface area (Å²) in [6, 6.07) is 1.22. The second-order valence-electron chi connectivity index (χ2n) is 8.50. The largest absolute Gasteiger partial charge is 0.471 e. The first-order valence-corrected chi connectivity index (χ1v) is 12.0. The molecule has 2 aliphatic heterocycles. The first-order chi connectivity index (χ1) is 16.7. The number of nitrogens with one attached hydrogen (secondary N) is 2. The summed E-state index contributed by atoms with van der Waals surface area (Å²) in [6.45, 7) is 2.62. The van der Waals surface area contributed by atoms with E-state index in [0.29, 0.717) is 36.2 Å². The number of primary amides is 1. The summed E-state index contributed by atoms with van der Waals surface area (Å²) < 4.78 is 50.7. The topological polar surface area (TPSA) is 113 Å². The van der Waals surface area contributed by atoms with Crippen LogP contribution in [0.1, 0.15) is 28.8 Å². The van der Waals surface area contributed by atoms with Gasteiger partial charge in [-0.15, -0.1) is 0 Å². The minimum Gasteiger partial charge on any atom is -0.471 e. The van der Waals surface area contributed by atoms with Crippen molar-refractivity contribution in [1.82, 2.24) is 19.5 Å². The number of likely N-dealkylation sites (N-methyl/N-ethyl adjacent to an activating group) is 1. The highest BCUT2D eigenvalue weighted by Crippen LogP contribution is 2.32. The number of likely N-dealkylation sites (tertiary alicyclic amines) is 2. The Labute approximate surface area is 208 Å². The molecule has 3 amide bonds. The van der Waals surface area contributed by atoms with Crippen LogP contribution in [0.5, 0.6) is 5.88 Å². The number of rotatable bonds is 9. The van der Waals surface area contributed by atoms with E-state index < -0.39 is 46.6 Å². The summed E-state index contributed by atoms with van der Waals surface area (Å²) in [6.07, 6.45) is 1.94. The van der Waals surface area contributed by atoms with Crippen LogP contribution < -0.4 is 21.1 Å². The van der Waals surface area contributed by atoms with Crippen LogP contribution in [-0.4, -0.2) is 71.4 Å². The number of fused-ring (bicyclic) bond motifs is 2. The molecule has 190 valence electrons. The molecule has 0 aliphatic carbocycles. The van der Waals surface area contributed by atoms with Gasteiger partial charge in [0.2, 0.25) is 5.88 Å². The molecule has 2 aromatic rings. The number of piperazine rings is 1. The maximum atomic E-state index is 14.0. The van der Waals surface area contributed by atoms with E-state index in [2.05, 4.69) is 31.9 Å². The Balaban J connectivity index is 1.30. The molecule has 3 heterocycles. The summed E-state index contributed by atoms with van der Waals surface area (Å²) in [5, 5.41) is 4.50. The Hall–Kier alpha value is -2.61. The molecule has 2 atom stereocenters. The molecule has 1 aromatic heterocycles. The number of halogens is 4. The van der Waals surface area contributed by atoms with Crippen LogP contribution in [0.25, 0.3) is 0 Å². The Morgan fingerprint density at radius 2 is 2.06 bits per heavy atom. The van der Waals surface area contributed by atoms with Crippen LogP contribution in [-0.2, 0) is 6.61 Å². The number of hydrogen-bond donors (Lipinski definition) is 3. The average molecular weight is 533 g/mol. The molecule has 1 aromatic carbocycles. The monoisotopic (exact) mass is 532 g/mol. The number of carbonyl (C=O) groups excluding carboxylic acids is 2. The number of nitrogens with two attached hydrogens (primary N) is 1. The molecule has 4 N–H and O–H groups in total. The van der Waals surface area contributed by atoms with Gasteiger partial charge in [0, 0.05) is 38.3 Å². The Bertz CT molecular complexity index is 1130. The molecule has 2 fully saturated rings. The SMILES string of the molecule is CN1CC2CC1CN2CCCNC(=O)Nc1snc(OCc2c(F)cc(Cl)c(F)c2F)c1C(N)=O. The highest BCUT2D eigenvalue weighted by Gasteiger charge is 2.40. The predicted molar refractivity (Wildman–Crippen MR) is 124 cm³/mol. The van der Waals surface area contributed by atoms with Crippen molar-refractivity contribution in [3.8, 4) is 5.88 Å². The van der Waals surface area contributed by atoms with Crippen LogP contribution in [0, 0.1) is 17.5 Å². The van der Waals surface area contributed by atoms with Gasteiger partial charge in [0.05, 0.1) is 10.6 Å². The van der Waals surface area contributed by atoms with E-state index in [4.69, 9.17) is 22.1 Å². The average Bonchev–Trinajstić information content (AvgIpc) is 3.49. The fourth-order valence-electron chi connectivity index (χ4n) is 4.41. The normalized spacial score (nSPS) is 19.8. The molecule has 2 saturated heterocycles. The quantitative estimate of drug-likeness (QED) is 0.260. The first kappa shape index (κ1) is 25.5. The van der Waals surface area contributed by atoms with Gasteiger partial charge in [-0.05, 0) is 37.5 Å². The Kier molecular flexibility index (Phi) is 7.69. The van der Waals surface area contributed by atoms with Gasteiger partial charge < -0.3 is 20.7 Å². The Morgan fingerprint density at radius 1 is 1.29 bits per heavy atom. The smallest absolute Gasteiger partial charge is 0.319 e. The number of aromatic nitrogens is 1. The van der Waals surface area contributed by atoms with Crippen molar-refractivity contribution < 1.29 is 27.5 Å². The highest BCUT2D eigenvalue weighted by atomic mass is 35.5. The maximum absolute atomic E-state index is 14.0. The van der Waals surface area contributed by atoms with Crippen LogP contribution in [0.2, 0.25) is 5.02 Å². The Morgan fingerprint density at radius 3 is 2.71 bits per heavy atom. The van der Waals surface area contributed by atoms with Crippen molar-refractivity contribution in [2.45, 2.75) is 31.5 Å². The van der Waals surface area contributed by atoms with Gasteiger partial charge in [-0.25, -0.2) is 18.0 Å². The second kappa shape index (κ2) is 10.6. The van der Waals surface area contributed by atoms with Crippen molar-refractivity contribution in [2.75, 3.05) is 38.5 Å². The summed E-state index contributed by atoms with van der Waals surface area (Å²) in [7, 11) is 2.14. The summed E-state index contributed by atoms with van der Waals surface area (Å²) >= 11 is 6.11. The van der Waals surface area contributed by atoms with Gasteiger partial charge in [0.15, 0.2) is 11.6 Å². The number of hydrogen-bond acceptors (Lipinski definition) is 7. The molecular formula is C21H24ClF3N6O3S. The number of nitrogens with zero attached hydrogens (tertiary/aromatic N) is 3. The molecular weight excluding hydrogens is 509 g/mol. The van der Waals surface area contributed by atoms with Gasteiger partial charge in [-0.1, -0.05) is 11.6 Å². The van der Waals surface area contributed by atoms with Gasteiger partial charge in [-0.3, -0.25) is 15.0 Å². The molecule has 0 spiro atoms. The number of urea groups is 1. The van der Waals surface area contributed by atoms with E-state index in [1.54, 1.807) is 0 Å². The lowest BCUT2D eigenvalue weighted by Gasteiger charge is -2.31. The van der Waals surface area contributed by atoms with Crippen LogP contribution >= 0.6 is 23.1 Å². The lowest BCUT2D eigenvalue weighted by atomic mass is 10.2. The van der Waals surface area contributed by atoms with Crippen LogP contribution in [0.4, 0.5) is 23.0 Å². The predicted octanol–water partition coefficient (Wildman–Crippen LogP) is 2.79. The zero-order chi connectivity index (χ0) is 25.3. The molecule has 2 unspecified atom stereocenters. The van der Waals surface area contributed by atoms with Crippen LogP contribution in [0.3, 0.4) is 0 Å². The fraction of sp³-hybridized carbons (Fsp3) is 0.476. The third-order valence-electron chi connectivity index (χ3n) is 6.23. The molecule has 0 saturated carbocycles. The summed E-state index contributed by atoms with van der Waals surface area (Å²) in [5.74, 6) is -5.39. The van der Waals surface area contributed by atoms with Crippen LogP contribution in [0.15, 0.2) is 6.07 Å². The van der Waals surface area contributed by atoms with Crippen molar-refractivity contribution in [2.24, 2.45) is 5.73 Å². The lowest BCUT2D eigenvalue weighted by molar-refractivity contribution is 0.0996. The summed E-state index contributed by atoms with van der Waals surface area (Å²) in [5.41, 5.74) is 4.38. The van der Waals surface area contributed by atoms with E-state index >= 15 is 0 Å². The third kappa shape index (κ3) is 5.47. The molecule has 4 rings (SSSR count). The van der Waals surface area contributed by atoms with Crippen molar-refractivity contribution in [1.29, 1.82) is 0 Å². The molecule has 35 heavy (non-hydrogen) atoms. The van der Waals surface area contributed by atoms with Crippen molar-refractivity contribution in [3.05, 3.63) is 39.7 Å². The van der Waals surface area contributed by atoms with Crippen molar-refractivity contribution >= 4 is 40.1 Å². The van der Waals surface area contributed by atoms with Crippen molar-refractivity contribution in [3.63, 3.8) is 0 Å². The minimum absolute atomic E-state index is 0.00752. The molecule has 2 bridgehead atoms. The maximum Gasteiger partial charge on any atom is 0.319 e. The van der Waals surface area contributed by atoms with E-state index in [0.717, 1.165) is 26.1 Å². The summed E-state index contributed by atoms with van der Waals surface area (Å²) in [4.78, 5) is 29.0. The molecule has 0 radical (unpaired) electrons. The van der Waals surface area contributed by atoms with Gasteiger partial charge in [0.25, 0.3) is 5.91 Å². The third-order valence-corrected chi connectivity index (χ3v) is 7.25. The first-order valence-electron chi connectivity index (χ1n) is 10.9. The number of carbonyl (C=O) groups is 2.